The van der Waals surface area contributed by atoms with E-state index >= 15 is 0 Å². The number of nitrogens with one attached hydrogen (secondary N) is 3. The number of hydrogen-bond acceptors (Lipinski definition) is 6. The number of fused-ring (bicyclic) bond motifs is 1. The summed E-state index contributed by atoms with van der Waals surface area (Å²) in [5, 5.41) is 6.77. The normalized spacial score (nSPS) is 18.5. The fraction of sp³-hybridized carbons (Fsp3) is 0.360. The molecule has 0 saturated carbocycles. The Bertz CT molecular complexity index is 1430. The Kier molecular flexibility index (Phi) is 8.86. The lowest BCUT2D eigenvalue weighted by Gasteiger charge is -2.24. The zero-order chi connectivity index (χ0) is 29.2. The van der Waals surface area contributed by atoms with Crippen LogP contribution in [-0.4, -0.2) is 57.6 Å². The van der Waals surface area contributed by atoms with Gasteiger partial charge in [-0.3, -0.25) is 9.59 Å². The summed E-state index contributed by atoms with van der Waals surface area (Å²) in [7, 11) is 0. The molecule has 3 aromatic rings. The number of nitrogens with zero attached hydrogens (tertiary/aromatic N) is 2. The van der Waals surface area contributed by atoms with E-state index in [1.165, 1.54) is 19.1 Å². The van der Waals surface area contributed by atoms with Crippen molar-refractivity contribution < 1.29 is 36.8 Å². The standard InChI is InChI=1S/C25H23Cl2F4N5O4/c1-12(22(37)34-9-15-5-16-18(27)10-33-21(16)32-8-15)35-23(38)20-7-14(4-13-2-3-19(28)17(26)6-13)11-36(20)40-24(39)25(29,30)31/h2-3,5-6,8,10,12,14,20H,4,7,9,11H2,1H3,(H,32,33)(H,34,37)(H,35,38)/t12-,14-,20?/m0/s1. The van der Waals surface area contributed by atoms with Crippen molar-refractivity contribution in [3.63, 3.8) is 0 Å². The fourth-order valence-corrected chi connectivity index (χ4v) is 4.76. The number of H-pyrrole nitrogens is 1. The van der Waals surface area contributed by atoms with Crippen LogP contribution in [0.4, 0.5) is 17.6 Å². The Labute approximate surface area is 235 Å². The van der Waals surface area contributed by atoms with E-state index in [9.17, 15) is 31.9 Å². The molecule has 1 aliphatic heterocycles. The van der Waals surface area contributed by atoms with E-state index in [2.05, 4.69) is 25.4 Å². The molecular weight excluding hydrogens is 581 g/mol. The molecule has 4 rings (SSSR count). The van der Waals surface area contributed by atoms with Crippen LogP contribution in [0.2, 0.25) is 10.0 Å². The maximum atomic E-state index is 13.5. The summed E-state index contributed by atoms with van der Waals surface area (Å²) in [6.07, 6.45) is -1.93. The van der Waals surface area contributed by atoms with Crippen LogP contribution in [0.25, 0.3) is 11.0 Å². The summed E-state index contributed by atoms with van der Waals surface area (Å²) in [5.41, 5.74) is 1.81. The average Bonchev–Trinajstić information content (AvgIpc) is 3.46. The number of halogens is 6. The fourth-order valence-electron chi connectivity index (χ4n) is 4.36. The van der Waals surface area contributed by atoms with Crippen molar-refractivity contribution in [2.45, 2.75) is 44.6 Å². The second kappa shape index (κ2) is 12.0. The third-order valence-electron chi connectivity index (χ3n) is 6.34. The van der Waals surface area contributed by atoms with Crippen LogP contribution in [0, 0.1) is 11.7 Å². The van der Waals surface area contributed by atoms with Crippen molar-refractivity contribution in [2.75, 3.05) is 6.54 Å². The first-order valence-electron chi connectivity index (χ1n) is 12.0. The Balaban J connectivity index is 1.39. The molecule has 1 saturated heterocycles. The number of amides is 2. The molecule has 0 aliphatic carbocycles. The smallest absolute Gasteiger partial charge is 0.360 e. The van der Waals surface area contributed by atoms with E-state index in [-0.39, 0.29) is 31.0 Å². The third kappa shape index (κ3) is 7.01. The predicted molar refractivity (Wildman–Crippen MR) is 136 cm³/mol. The highest BCUT2D eigenvalue weighted by Gasteiger charge is 2.47. The average molecular weight is 604 g/mol. The number of carbonyl (C=O) groups is 3. The number of aromatic nitrogens is 2. The molecule has 1 unspecified atom stereocenters. The maximum absolute atomic E-state index is 13.5. The molecule has 2 amide bonds. The molecule has 0 bridgehead atoms. The van der Waals surface area contributed by atoms with Gasteiger partial charge in [0.05, 0.1) is 10.0 Å². The van der Waals surface area contributed by atoms with E-state index in [1.807, 2.05) is 0 Å². The third-order valence-corrected chi connectivity index (χ3v) is 6.94. The molecule has 0 spiro atoms. The van der Waals surface area contributed by atoms with Gasteiger partial charge in [-0.25, -0.2) is 14.2 Å². The Hall–Kier alpha value is -3.42. The summed E-state index contributed by atoms with van der Waals surface area (Å²) in [6, 6.07) is 3.36. The Morgan fingerprint density at radius 3 is 2.65 bits per heavy atom. The number of benzene rings is 1. The molecule has 15 heteroatoms. The van der Waals surface area contributed by atoms with E-state index in [0.29, 0.717) is 32.2 Å². The van der Waals surface area contributed by atoms with Crippen LogP contribution < -0.4 is 10.6 Å². The van der Waals surface area contributed by atoms with Gasteiger partial charge in [0, 0.05) is 30.9 Å². The molecule has 40 heavy (non-hydrogen) atoms. The van der Waals surface area contributed by atoms with Gasteiger partial charge in [0.25, 0.3) is 0 Å². The Morgan fingerprint density at radius 1 is 1.20 bits per heavy atom. The minimum absolute atomic E-state index is 0.00339. The largest absolute Gasteiger partial charge is 0.492 e. The predicted octanol–water partition coefficient (Wildman–Crippen LogP) is 4.08. The lowest BCUT2D eigenvalue weighted by molar-refractivity contribution is -0.240. The van der Waals surface area contributed by atoms with Gasteiger partial charge in [0.2, 0.25) is 11.8 Å². The van der Waals surface area contributed by atoms with E-state index in [1.54, 1.807) is 18.5 Å². The molecule has 1 aliphatic rings. The number of aromatic amines is 1. The molecule has 3 heterocycles. The van der Waals surface area contributed by atoms with E-state index < -0.39 is 47.8 Å². The van der Waals surface area contributed by atoms with Crippen LogP contribution in [0.5, 0.6) is 0 Å². The molecule has 1 fully saturated rings. The Morgan fingerprint density at radius 2 is 1.95 bits per heavy atom. The van der Waals surface area contributed by atoms with Crippen LogP contribution in [-0.2, 0) is 32.2 Å². The van der Waals surface area contributed by atoms with Gasteiger partial charge in [-0.15, -0.1) is 5.06 Å². The van der Waals surface area contributed by atoms with Gasteiger partial charge in [-0.1, -0.05) is 29.3 Å². The number of alkyl halides is 3. The summed E-state index contributed by atoms with van der Waals surface area (Å²) in [5.74, 6) is -4.92. The lowest BCUT2D eigenvalue weighted by atomic mass is 9.96. The monoisotopic (exact) mass is 603 g/mol. The summed E-state index contributed by atoms with van der Waals surface area (Å²) in [4.78, 5) is 48.8. The van der Waals surface area contributed by atoms with Gasteiger partial charge in [-0.05, 0) is 55.0 Å². The summed E-state index contributed by atoms with van der Waals surface area (Å²) < 4.78 is 52.1. The maximum Gasteiger partial charge on any atom is 0.492 e. The number of carbonyl (C=O) groups excluding carboxylic acids is 3. The summed E-state index contributed by atoms with van der Waals surface area (Å²) >= 11 is 11.9. The molecule has 1 aromatic carbocycles. The van der Waals surface area contributed by atoms with Gasteiger partial charge < -0.3 is 20.5 Å². The van der Waals surface area contributed by atoms with Crippen LogP contribution >= 0.6 is 23.2 Å². The highest BCUT2D eigenvalue weighted by atomic mass is 35.5. The number of hydroxylamine groups is 2. The first-order chi connectivity index (χ1) is 18.8. The molecule has 3 N–H and O–H groups in total. The van der Waals surface area contributed by atoms with Crippen molar-refractivity contribution in [2.24, 2.45) is 5.92 Å². The molecule has 9 nitrogen and oxygen atoms in total. The highest BCUT2D eigenvalue weighted by molar-refractivity contribution is 6.35. The quantitative estimate of drug-likeness (QED) is 0.334. The van der Waals surface area contributed by atoms with Crippen molar-refractivity contribution >= 4 is 52.0 Å². The van der Waals surface area contributed by atoms with Crippen LogP contribution in [0.15, 0.2) is 36.7 Å². The zero-order valence-electron chi connectivity index (χ0n) is 20.8. The summed E-state index contributed by atoms with van der Waals surface area (Å²) in [6.45, 7) is 1.27. The van der Waals surface area contributed by atoms with Gasteiger partial charge in [0.15, 0.2) is 0 Å². The molecular formula is C25H23Cl2F4N5O4. The second-order valence-corrected chi connectivity index (χ2v) is 10.2. The second-order valence-electron chi connectivity index (χ2n) is 9.37. The zero-order valence-corrected chi connectivity index (χ0v) is 22.3. The van der Waals surface area contributed by atoms with E-state index in [4.69, 9.17) is 23.2 Å². The number of pyridine rings is 1. The number of rotatable bonds is 8. The molecule has 0 radical (unpaired) electrons. The van der Waals surface area contributed by atoms with Gasteiger partial charge in [0.1, 0.15) is 23.5 Å². The van der Waals surface area contributed by atoms with Crippen molar-refractivity contribution in [1.29, 1.82) is 0 Å². The lowest BCUT2D eigenvalue weighted by Crippen LogP contribution is -2.51. The molecule has 3 atom stereocenters. The SMILES string of the molecule is C[C@H](NC(=O)C1C[C@H](Cc2ccc(F)c(Cl)c2)CN1OC(=O)C(F)(F)F)C(=O)NCc1cnc2[nH]cc(Cl)c2c1. The first kappa shape index (κ1) is 29.6. The van der Waals surface area contributed by atoms with Gasteiger partial charge >= 0.3 is 12.1 Å². The first-order valence-corrected chi connectivity index (χ1v) is 12.8. The van der Waals surface area contributed by atoms with Crippen LogP contribution in [0.1, 0.15) is 24.5 Å². The number of hydrogen-bond donors (Lipinski definition) is 3. The minimum Gasteiger partial charge on any atom is -0.360 e. The van der Waals surface area contributed by atoms with Crippen molar-refractivity contribution in [1.82, 2.24) is 25.7 Å². The van der Waals surface area contributed by atoms with Gasteiger partial charge in [-0.2, -0.15) is 13.2 Å². The molecule has 214 valence electrons. The van der Waals surface area contributed by atoms with E-state index in [0.717, 1.165) is 6.07 Å². The minimum atomic E-state index is -5.28. The van der Waals surface area contributed by atoms with Crippen molar-refractivity contribution in [3.05, 3.63) is 63.6 Å². The molecule has 2 aromatic heterocycles. The van der Waals surface area contributed by atoms with Crippen LogP contribution in [0.3, 0.4) is 0 Å². The topological polar surface area (TPSA) is 116 Å². The highest BCUT2D eigenvalue weighted by Crippen LogP contribution is 2.30. The van der Waals surface area contributed by atoms with Crippen molar-refractivity contribution in [3.8, 4) is 0 Å².